The molecule has 0 saturated heterocycles. The number of benzene rings is 1. The van der Waals surface area contributed by atoms with Crippen molar-refractivity contribution in [3.05, 3.63) is 55.6 Å². The molecule has 1 heterocycles. The number of rotatable bonds is 6. The van der Waals surface area contributed by atoms with E-state index in [9.17, 15) is 0 Å². The smallest absolute Gasteiger partial charge is 0.0406 e. The minimum absolute atomic E-state index is 0.424. The van der Waals surface area contributed by atoms with Crippen LogP contribution >= 0.6 is 38.9 Å². The lowest BCUT2D eigenvalue weighted by molar-refractivity contribution is -0.0757. The lowest BCUT2D eigenvalue weighted by atomic mass is 9.42. The monoisotopic (exact) mass is 463 g/mol. The summed E-state index contributed by atoms with van der Waals surface area (Å²) in [6.45, 7) is 2.15. The summed E-state index contributed by atoms with van der Waals surface area (Å²) in [5, 5.41) is 6.76. The molecule has 4 bridgehead atoms. The molecule has 0 amide bonds. The van der Waals surface area contributed by atoms with Crippen LogP contribution in [0.5, 0.6) is 0 Å². The largest absolute Gasteiger partial charge is 0.312 e. The van der Waals surface area contributed by atoms with Gasteiger partial charge in [-0.15, -0.1) is 11.3 Å². The van der Waals surface area contributed by atoms with Crippen molar-refractivity contribution in [2.75, 3.05) is 6.54 Å². The number of hydrogen-bond donors (Lipinski definition) is 1. The van der Waals surface area contributed by atoms with E-state index < -0.39 is 0 Å². The van der Waals surface area contributed by atoms with E-state index in [1.165, 1.54) is 54.3 Å². The highest BCUT2D eigenvalue weighted by Crippen LogP contribution is 2.66. The molecule has 27 heavy (non-hydrogen) atoms. The van der Waals surface area contributed by atoms with Gasteiger partial charge in [-0.2, -0.15) is 0 Å². The predicted octanol–water partition coefficient (Wildman–Crippen LogP) is 7.18. The zero-order valence-corrected chi connectivity index (χ0v) is 18.8. The molecule has 4 fully saturated rings. The van der Waals surface area contributed by atoms with Crippen molar-refractivity contribution < 1.29 is 0 Å². The van der Waals surface area contributed by atoms with Crippen LogP contribution in [0.1, 0.15) is 55.4 Å². The Morgan fingerprint density at radius 2 is 1.85 bits per heavy atom. The Bertz CT molecular complexity index is 800. The predicted molar refractivity (Wildman–Crippen MR) is 119 cm³/mol. The first-order chi connectivity index (χ1) is 13.0. The third-order valence-electron chi connectivity index (χ3n) is 7.39. The van der Waals surface area contributed by atoms with E-state index in [-0.39, 0.29) is 0 Å². The summed E-state index contributed by atoms with van der Waals surface area (Å²) < 4.78 is 1.20. The van der Waals surface area contributed by atoms with Crippen molar-refractivity contribution in [3.8, 4) is 0 Å². The quantitative estimate of drug-likeness (QED) is 0.446. The zero-order valence-electron chi connectivity index (χ0n) is 15.6. The Hall–Kier alpha value is -0.350. The normalized spacial score (nSPS) is 34.3. The van der Waals surface area contributed by atoms with Crippen LogP contribution in [0.3, 0.4) is 0 Å². The maximum Gasteiger partial charge on any atom is 0.0406 e. The van der Waals surface area contributed by atoms with E-state index in [1.807, 2.05) is 11.3 Å². The second kappa shape index (κ2) is 7.16. The summed E-state index contributed by atoms with van der Waals surface area (Å²) in [5.41, 5.74) is 2.54. The Balaban J connectivity index is 1.29. The van der Waals surface area contributed by atoms with Crippen LogP contribution in [0.15, 0.2) is 40.2 Å². The molecule has 144 valence electrons. The van der Waals surface area contributed by atoms with Gasteiger partial charge in [0.2, 0.25) is 0 Å². The summed E-state index contributed by atoms with van der Waals surface area (Å²) >= 11 is 11.6. The molecule has 0 radical (unpaired) electrons. The number of nitrogens with one attached hydrogen (secondary N) is 1. The Morgan fingerprint density at radius 3 is 2.52 bits per heavy atom. The molecule has 2 aromatic rings. The first kappa shape index (κ1) is 18.7. The molecule has 1 N–H and O–H groups in total. The van der Waals surface area contributed by atoms with Crippen LogP contribution < -0.4 is 5.32 Å². The maximum atomic E-state index is 6.17. The molecule has 6 rings (SSSR count). The van der Waals surface area contributed by atoms with Crippen molar-refractivity contribution in [1.29, 1.82) is 0 Å². The number of hydrogen-bond acceptors (Lipinski definition) is 2. The van der Waals surface area contributed by atoms with Crippen molar-refractivity contribution in [3.63, 3.8) is 0 Å². The minimum atomic E-state index is 0.424. The lowest BCUT2D eigenvalue weighted by Gasteiger charge is -2.63. The van der Waals surface area contributed by atoms with Gasteiger partial charge in [-0.05, 0) is 114 Å². The van der Waals surface area contributed by atoms with Gasteiger partial charge < -0.3 is 5.32 Å². The summed E-state index contributed by atoms with van der Waals surface area (Å²) in [7, 11) is 0. The molecule has 2 unspecified atom stereocenters. The van der Waals surface area contributed by atoms with Crippen molar-refractivity contribution >= 4 is 38.9 Å². The number of halogens is 2. The number of thiophene rings is 1. The van der Waals surface area contributed by atoms with E-state index in [2.05, 4.69) is 57.0 Å². The van der Waals surface area contributed by atoms with E-state index in [1.54, 1.807) is 5.56 Å². The summed E-state index contributed by atoms with van der Waals surface area (Å²) in [5.74, 6) is 1.88. The van der Waals surface area contributed by atoms with Crippen LogP contribution in [0.25, 0.3) is 0 Å². The second-order valence-corrected chi connectivity index (χ2v) is 11.8. The van der Waals surface area contributed by atoms with Gasteiger partial charge in [0.15, 0.2) is 0 Å². The first-order valence-electron chi connectivity index (χ1n) is 10.2. The highest BCUT2D eigenvalue weighted by atomic mass is 79.9. The Morgan fingerprint density at radius 1 is 1.11 bits per heavy atom. The van der Waals surface area contributed by atoms with Gasteiger partial charge in [0.1, 0.15) is 0 Å². The van der Waals surface area contributed by atoms with Gasteiger partial charge in [-0.1, -0.05) is 23.7 Å². The topological polar surface area (TPSA) is 12.0 Å². The van der Waals surface area contributed by atoms with Crippen LogP contribution in [-0.2, 0) is 12.0 Å². The van der Waals surface area contributed by atoms with Crippen LogP contribution in [0.4, 0.5) is 0 Å². The molecule has 1 aromatic carbocycles. The maximum absolute atomic E-state index is 6.17. The molecule has 4 aliphatic rings. The third kappa shape index (κ3) is 3.66. The average molecular weight is 465 g/mol. The molecular formula is C23H27BrClNS. The van der Waals surface area contributed by atoms with Crippen LogP contribution in [0.2, 0.25) is 5.02 Å². The third-order valence-corrected chi connectivity index (χ3v) is 9.34. The summed E-state index contributed by atoms with van der Waals surface area (Å²) in [4.78, 5) is 1.42. The van der Waals surface area contributed by atoms with Gasteiger partial charge in [-0.25, -0.2) is 0 Å². The van der Waals surface area contributed by atoms with E-state index in [4.69, 9.17) is 11.6 Å². The Kier molecular flexibility index (Phi) is 4.95. The zero-order chi connectivity index (χ0) is 18.5. The van der Waals surface area contributed by atoms with E-state index >= 15 is 0 Å². The summed E-state index contributed by atoms with van der Waals surface area (Å²) in [6.07, 6.45) is 9.94. The van der Waals surface area contributed by atoms with E-state index in [0.29, 0.717) is 10.8 Å². The van der Waals surface area contributed by atoms with Crippen molar-refractivity contribution in [2.45, 2.75) is 56.9 Å². The molecule has 4 aliphatic carbocycles. The molecule has 0 aliphatic heterocycles. The van der Waals surface area contributed by atoms with Crippen molar-refractivity contribution in [2.24, 2.45) is 17.3 Å². The van der Waals surface area contributed by atoms with E-state index in [0.717, 1.165) is 29.9 Å². The van der Waals surface area contributed by atoms with Gasteiger partial charge >= 0.3 is 0 Å². The van der Waals surface area contributed by atoms with Gasteiger partial charge in [0.05, 0.1) is 0 Å². The van der Waals surface area contributed by atoms with Gasteiger partial charge in [0, 0.05) is 26.3 Å². The fraction of sp³-hybridized carbons (Fsp3) is 0.565. The summed E-state index contributed by atoms with van der Waals surface area (Å²) in [6, 6.07) is 11.1. The highest BCUT2D eigenvalue weighted by molar-refractivity contribution is 9.10. The molecule has 0 spiro atoms. The van der Waals surface area contributed by atoms with Crippen LogP contribution in [-0.4, -0.2) is 6.54 Å². The lowest BCUT2D eigenvalue weighted by Crippen LogP contribution is -2.54. The first-order valence-corrected chi connectivity index (χ1v) is 12.3. The molecule has 2 atom stereocenters. The highest BCUT2D eigenvalue weighted by Gasteiger charge is 2.57. The van der Waals surface area contributed by atoms with Gasteiger partial charge in [-0.3, -0.25) is 0 Å². The molecule has 4 heteroatoms. The molecular weight excluding hydrogens is 438 g/mol. The molecule has 1 nitrogen and oxygen atoms in total. The standard InChI is InChI=1S/C23H27BrClNS/c24-19-8-21(27-14-19)13-26-6-5-22-9-16-7-17(10-22)12-23(11-16,15-22)18-1-3-20(25)4-2-18/h1-4,8,14,16-17,26H,5-7,9-13,15H2. The Labute approximate surface area is 180 Å². The van der Waals surface area contributed by atoms with Crippen LogP contribution in [0, 0.1) is 17.3 Å². The second-order valence-electron chi connectivity index (χ2n) is 9.41. The van der Waals surface area contributed by atoms with Crippen molar-refractivity contribution in [1.82, 2.24) is 5.32 Å². The minimum Gasteiger partial charge on any atom is -0.312 e. The molecule has 4 saturated carbocycles. The fourth-order valence-electron chi connectivity index (χ4n) is 6.90. The average Bonchev–Trinajstić information content (AvgIpc) is 3.03. The fourth-order valence-corrected chi connectivity index (χ4v) is 8.44. The SMILES string of the molecule is Clc1ccc(C23CC4CC(CC(CCNCc5cc(Br)cs5)(C4)C2)C3)cc1. The van der Waals surface area contributed by atoms with Gasteiger partial charge in [0.25, 0.3) is 0 Å². The molecule has 1 aromatic heterocycles.